The summed E-state index contributed by atoms with van der Waals surface area (Å²) in [5.41, 5.74) is 2.90. The number of rotatable bonds is 8. The summed E-state index contributed by atoms with van der Waals surface area (Å²) >= 11 is 0. The van der Waals surface area contributed by atoms with Gasteiger partial charge in [0, 0.05) is 23.3 Å². The van der Waals surface area contributed by atoms with E-state index in [1.807, 2.05) is 101 Å². The molecule has 3 aromatic rings. The summed E-state index contributed by atoms with van der Waals surface area (Å²) in [5.74, 6) is -0.787. The van der Waals surface area contributed by atoms with Gasteiger partial charge >= 0.3 is 0 Å². The van der Waals surface area contributed by atoms with Crippen molar-refractivity contribution in [2.24, 2.45) is 11.8 Å². The molecule has 3 heterocycles. The number of benzene rings is 2. The van der Waals surface area contributed by atoms with Crippen LogP contribution < -0.4 is 20.7 Å². The highest BCUT2D eigenvalue weighted by molar-refractivity contribution is 5.94. The maximum absolute atomic E-state index is 14.0. The lowest BCUT2D eigenvalue weighted by Crippen LogP contribution is -2.62. The smallest absolute Gasteiger partial charge is 0.247 e. The molecule has 0 saturated heterocycles. The maximum atomic E-state index is 14.0. The zero-order valence-corrected chi connectivity index (χ0v) is 25.3. The molecule has 5 rings (SSSR count). The van der Waals surface area contributed by atoms with Crippen LogP contribution in [0.15, 0.2) is 60.9 Å². The summed E-state index contributed by atoms with van der Waals surface area (Å²) in [5, 5.41) is 9.84. The predicted octanol–water partition coefficient (Wildman–Crippen LogP) is 3.86. The van der Waals surface area contributed by atoms with E-state index < -0.39 is 30.1 Å². The molecule has 2 aromatic carbocycles. The zero-order valence-electron chi connectivity index (χ0n) is 25.3. The minimum absolute atomic E-state index is 0.139. The molecule has 224 valence electrons. The van der Waals surface area contributed by atoms with Crippen molar-refractivity contribution in [3.05, 3.63) is 72.1 Å². The normalized spacial score (nSPS) is 21.8. The lowest BCUT2D eigenvalue weighted by atomic mass is 9.94. The largest absolute Gasteiger partial charge is 0.487 e. The molecule has 5 unspecified atom stereocenters. The highest BCUT2D eigenvalue weighted by Crippen LogP contribution is 2.23. The number of aromatic amines is 1. The molecule has 2 aliphatic heterocycles. The molecule has 9 nitrogen and oxygen atoms in total. The van der Waals surface area contributed by atoms with Crippen LogP contribution in [0, 0.1) is 11.8 Å². The van der Waals surface area contributed by atoms with Gasteiger partial charge in [-0.2, -0.15) is 0 Å². The Balaban J connectivity index is 1.69. The average Bonchev–Trinajstić information content (AvgIpc) is 3.38. The fraction of sp³-hybridized carbons (Fsp3) is 0.424. The van der Waals surface area contributed by atoms with Gasteiger partial charge < -0.3 is 25.7 Å². The number of carbonyl (C=O) groups is 3. The van der Waals surface area contributed by atoms with E-state index in [1.165, 1.54) is 0 Å². The van der Waals surface area contributed by atoms with Gasteiger partial charge in [-0.15, -0.1) is 0 Å². The summed E-state index contributed by atoms with van der Waals surface area (Å²) in [4.78, 5) is 46.3. The number of para-hydroxylation sites is 1. The molecule has 1 aromatic heterocycles. The van der Waals surface area contributed by atoms with Crippen LogP contribution in [0.4, 0.5) is 0 Å². The Bertz CT molecular complexity index is 1410. The topological polar surface area (TPSA) is 116 Å². The molecule has 0 radical (unpaired) electrons. The first-order valence-corrected chi connectivity index (χ1v) is 14.6. The van der Waals surface area contributed by atoms with Gasteiger partial charge in [0.05, 0.1) is 6.04 Å². The van der Waals surface area contributed by atoms with E-state index in [9.17, 15) is 14.4 Å². The Morgan fingerprint density at radius 2 is 1.74 bits per heavy atom. The summed E-state index contributed by atoms with van der Waals surface area (Å²) in [6.07, 6.45) is 5.72. The first-order chi connectivity index (χ1) is 20.1. The van der Waals surface area contributed by atoms with Crippen molar-refractivity contribution in [2.45, 2.75) is 64.8 Å². The van der Waals surface area contributed by atoms with Crippen LogP contribution >= 0.6 is 0 Å². The molecular formula is C33H43N5O4. The molecule has 2 bridgehead atoms. The van der Waals surface area contributed by atoms with Gasteiger partial charge in [0.1, 0.15) is 23.9 Å². The van der Waals surface area contributed by atoms with Crippen molar-refractivity contribution in [3.63, 3.8) is 0 Å². The van der Waals surface area contributed by atoms with Gasteiger partial charge in [0.2, 0.25) is 17.7 Å². The number of carbonyl (C=O) groups excluding carboxylic acids is 3. The second-order valence-corrected chi connectivity index (χ2v) is 11.6. The number of likely N-dealkylation sites (N-methyl/N-ethyl adjacent to an activating group) is 1. The van der Waals surface area contributed by atoms with Crippen molar-refractivity contribution in [2.75, 3.05) is 14.1 Å². The van der Waals surface area contributed by atoms with Gasteiger partial charge in [-0.25, -0.2) is 0 Å². The number of aromatic nitrogens is 1. The number of hydrogen-bond donors (Lipinski definition) is 4. The van der Waals surface area contributed by atoms with Crippen LogP contribution in [0.3, 0.4) is 0 Å². The van der Waals surface area contributed by atoms with E-state index in [4.69, 9.17) is 4.74 Å². The van der Waals surface area contributed by atoms with Crippen LogP contribution in [0.5, 0.6) is 5.75 Å². The third-order valence-corrected chi connectivity index (χ3v) is 8.03. The second kappa shape index (κ2) is 13.7. The third-order valence-electron chi connectivity index (χ3n) is 8.03. The monoisotopic (exact) mass is 573 g/mol. The molecule has 9 heteroatoms. The first kappa shape index (κ1) is 30.8. The van der Waals surface area contributed by atoms with E-state index in [0.717, 1.165) is 22.0 Å². The number of nitrogens with zero attached hydrogens (tertiary/aromatic N) is 1. The molecule has 2 aliphatic rings. The first-order valence-electron chi connectivity index (χ1n) is 14.6. The van der Waals surface area contributed by atoms with Crippen LogP contribution in [-0.4, -0.2) is 65.9 Å². The molecule has 3 amide bonds. The molecule has 42 heavy (non-hydrogen) atoms. The van der Waals surface area contributed by atoms with E-state index in [1.54, 1.807) is 12.3 Å². The van der Waals surface area contributed by atoms with Gasteiger partial charge in [-0.1, -0.05) is 64.4 Å². The van der Waals surface area contributed by atoms with Crippen molar-refractivity contribution < 1.29 is 19.1 Å². The zero-order chi connectivity index (χ0) is 30.4. The minimum atomic E-state index is -1.06. The van der Waals surface area contributed by atoms with E-state index in [2.05, 4.69) is 20.9 Å². The van der Waals surface area contributed by atoms with E-state index in [0.29, 0.717) is 18.6 Å². The lowest BCUT2D eigenvalue weighted by molar-refractivity contribution is -0.136. The standard InChI is InChI=1S/C33H43N5O4/c1-7-21(4)28-32(40)34-17-16-22-12-14-24(15-13-22)42-30(20(2)3)29(33(41)36-28)37-31(39)27(38(5)6)18-23-19-35-26-11-9-8-10-25(23)26/h8-17,19-21,27-30,35H,7,18H2,1-6H3,(H,34,40)(H,36,41)(H,37,39)/b17-16-. The summed E-state index contributed by atoms with van der Waals surface area (Å²) < 4.78 is 6.39. The lowest BCUT2D eigenvalue weighted by Gasteiger charge is -2.34. The van der Waals surface area contributed by atoms with Gasteiger partial charge in [0.15, 0.2) is 0 Å². The Morgan fingerprint density at radius 3 is 2.40 bits per heavy atom. The fourth-order valence-corrected chi connectivity index (χ4v) is 5.22. The second-order valence-electron chi connectivity index (χ2n) is 11.6. The maximum Gasteiger partial charge on any atom is 0.247 e. The number of amides is 3. The van der Waals surface area contributed by atoms with Gasteiger partial charge in [-0.05, 0) is 67.8 Å². The number of H-pyrrole nitrogens is 1. The number of ether oxygens (including phenoxy) is 1. The number of fused-ring (bicyclic) bond motifs is 11. The summed E-state index contributed by atoms with van der Waals surface area (Å²) in [6, 6.07) is 13.0. The van der Waals surface area contributed by atoms with Crippen molar-refractivity contribution >= 4 is 34.7 Å². The molecule has 4 N–H and O–H groups in total. The Kier molecular flexibility index (Phi) is 10.1. The van der Waals surface area contributed by atoms with Crippen LogP contribution in [-0.2, 0) is 20.8 Å². The summed E-state index contributed by atoms with van der Waals surface area (Å²) in [6.45, 7) is 7.79. The molecule has 0 fully saturated rings. The van der Waals surface area contributed by atoms with Crippen molar-refractivity contribution in [1.82, 2.24) is 25.8 Å². The summed E-state index contributed by atoms with van der Waals surface area (Å²) in [7, 11) is 3.70. The Labute approximate surface area is 248 Å². The van der Waals surface area contributed by atoms with Crippen LogP contribution in [0.1, 0.15) is 45.2 Å². The minimum Gasteiger partial charge on any atom is -0.487 e. The fourth-order valence-electron chi connectivity index (χ4n) is 5.22. The molecular weight excluding hydrogens is 530 g/mol. The highest BCUT2D eigenvalue weighted by atomic mass is 16.5. The highest BCUT2D eigenvalue weighted by Gasteiger charge is 2.38. The Morgan fingerprint density at radius 1 is 1.02 bits per heavy atom. The van der Waals surface area contributed by atoms with E-state index in [-0.39, 0.29) is 23.7 Å². The molecule has 0 saturated carbocycles. The number of nitrogens with one attached hydrogen (secondary N) is 4. The molecule has 5 atom stereocenters. The van der Waals surface area contributed by atoms with Crippen LogP contribution in [0.2, 0.25) is 0 Å². The van der Waals surface area contributed by atoms with Crippen LogP contribution in [0.25, 0.3) is 17.0 Å². The van der Waals surface area contributed by atoms with Crippen molar-refractivity contribution in [3.8, 4) is 5.75 Å². The van der Waals surface area contributed by atoms with Gasteiger partial charge in [0.25, 0.3) is 0 Å². The number of hydrogen-bond acceptors (Lipinski definition) is 5. The average molecular weight is 574 g/mol. The van der Waals surface area contributed by atoms with E-state index >= 15 is 0 Å². The molecule has 0 spiro atoms. The SMILES string of the molecule is CCC(C)C1NC(=O)C(NC(=O)C(Cc2c[nH]c3ccccc23)N(C)C)C(C(C)C)Oc2ccc(cc2)/C=C\NC1=O. The van der Waals surface area contributed by atoms with Gasteiger partial charge in [-0.3, -0.25) is 19.3 Å². The van der Waals surface area contributed by atoms with Crippen molar-refractivity contribution in [1.29, 1.82) is 0 Å². The quantitative estimate of drug-likeness (QED) is 0.327. The third kappa shape index (κ3) is 7.20. The molecule has 0 aliphatic carbocycles. The predicted molar refractivity (Wildman–Crippen MR) is 166 cm³/mol. The Hall–Kier alpha value is -4.11.